The molecule has 0 aliphatic carbocycles. The number of carbonyl (C=O) groups is 3. The zero-order valence-electron chi connectivity index (χ0n) is 28.4. The Morgan fingerprint density at radius 3 is 2.58 bits per heavy atom. The molecule has 3 N–H and O–H groups in total. The molecule has 0 radical (unpaired) electrons. The van der Waals surface area contributed by atoms with Gasteiger partial charge in [0.2, 0.25) is 11.8 Å². The topological polar surface area (TPSA) is 117 Å². The second kappa shape index (κ2) is 14.3. The van der Waals surface area contributed by atoms with Crippen LogP contribution in [0.15, 0.2) is 42.6 Å². The normalized spacial score (nSPS) is 22.6. The summed E-state index contributed by atoms with van der Waals surface area (Å²) in [7, 11) is 0. The van der Waals surface area contributed by atoms with Crippen molar-refractivity contribution in [1.29, 1.82) is 0 Å². The minimum atomic E-state index is -0.475. The number of fused-ring (bicyclic) bond motifs is 2. The quantitative estimate of drug-likeness (QED) is 0.350. The lowest BCUT2D eigenvalue weighted by atomic mass is 9.82. The standard InChI is InChI=1S/C37H50N8O3/c1-25-21-28(22-29-24-39-41-35(25)29)26(2)31(36(47)45-15-6-5-9-33(45)42-19-13-38-14-20-42)23-34(46)43-16-11-30(12-17-43)44-18-10-27-7-3-4-8-32(27)40-37(44)48/h3-4,7-8,21-22,24,26,30-31,33,38H,5-6,9-20,23H2,1-2H3,(H,39,41)(H,40,48). The molecule has 48 heavy (non-hydrogen) atoms. The summed E-state index contributed by atoms with van der Waals surface area (Å²) in [6.45, 7) is 10.5. The number of nitrogens with zero attached hydrogens (tertiary/aromatic N) is 5. The van der Waals surface area contributed by atoms with Crippen LogP contribution in [0, 0.1) is 12.8 Å². The first-order valence-electron chi connectivity index (χ1n) is 18.0. The van der Waals surface area contributed by atoms with Gasteiger partial charge in [-0.25, -0.2) is 4.79 Å². The van der Waals surface area contributed by atoms with Crippen LogP contribution in [-0.2, 0) is 16.0 Å². The SMILES string of the molecule is Cc1cc(C(C)C(CC(=O)N2CCC(N3CCc4ccccc4NC3=O)CC2)C(=O)N2CCCCC2N2CCNCC2)cc2cn[nH]c12. The number of hydrogen-bond acceptors (Lipinski definition) is 6. The number of H-pyrrole nitrogens is 1. The van der Waals surface area contributed by atoms with E-state index in [1.807, 2.05) is 34.2 Å². The first-order chi connectivity index (χ1) is 23.4. The van der Waals surface area contributed by atoms with E-state index >= 15 is 0 Å². The van der Waals surface area contributed by atoms with E-state index in [4.69, 9.17) is 0 Å². The maximum Gasteiger partial charge on any atom is 0.322 e. The highest BCUT2D eigenvalue weighted by atomic mass is 16.2. The van der Waals surface area contributed by atoms with Crippen molar-refractivity contribution in [3.63, 3.8) is 0 Å². The number of hydrogen-bond donors (Lipinski definition) is 3. The molecule has 0 saturated carbocycles. The van der Waals surface area contributed by atoms with Gasteiger partial charge in [-0.1, -0.05) is 31.2 Å². The number of rotatable bonds is 7. The summed E-state index contributed by atoms with van der Waals surface area (Å²) in [6, 6.07) is 12.3. The average molecular weight is 655 g/mol. The third-order valence-corrected chi connectivity index (χ3v) is 11.3. The number of benzene rings is 2. The molecule has 0 spiro atoms. The van der Waals surface area contributed by atoms with Gasteiger partial charge in [0, 0.05) is 75.9 Å². The molecule has 5 heterocycles. The molecular formula is C37H50N8O3. The number of anilines is 1. The summed E-state index contributed by atoms with van der Waals surface area (Å²) in [5.74, 6) is -0.495. The lowest BCUT2D eigenvalue weighted by molar-refractivity contribution is -0.149. The molecule has 3 atom stereocenters. The fraction of sp³-hybridized carbons (Fsp3) is 0.568. The zero-order chi connectivity index (χ0) is 33.2. The van der Waals surface area contributed by atoms with Crippen LogP contribution in [0.3, 0.4) is 0 Å². The van der Waals surface area contributed by atoms with Crippen molar-refractivity contribution in [2.45, 2.75) is 76.9 Å². The van der Waals surface area contributed by atoms with Crippen LogP contribution in [0.2, 0.25) is 0 Å². The molecular weight excluding hydrogens is 604 g/mol. The predicted molar refractivity (Wildman–Crippen MR) is 187 cm³/mol. The van der Waals surface area contributed by atoms with Gasteiger partial charge in [-0.2, -0.15) is 5.10 Å². The number of urea groups is 1. The fourth-order valence-corrected chi connectivity index (χ4v) is 8.46. The minimum Gasteiger partial charge on any atom is -0.343 e. The highest BCUT2D eigenvalue weighted by Gasteiger charge is 2.40. The molecule has 11 nitrogen and oxygen atoms in total. The van der Waals surface area contributed by atoms with Crippen LogP contribution in [0.25, 0.3) is 10.9 Å². The number of aryl methyl sites for hydroxylation is 1. The van der Waals surface area contributed by atoms with E-state index in [1.165, 1.54) is 0 Å². The van der Waals surface area contributed by atoms with Gasteiger partial charge in [0.15, 0.2) is 0 Å². The van der Waals surface area contributed by atoms with Crippen molar-refractivity contribution in [3.8, 4) is 0 Å². The molecule has 3 aromatic rings. The van der Waals surface area contributed by atoms with E-state index in [2.05, 4.69) is 62.7 Å². The summed E-state index contributed by atoms with van der Waals surface area (Å²) in [5.41, 5.74) is 5.20. The second-order valence-electron chi connectivity index (χ2n) is 14.2. The van der Waals surface area contributed by atoms with Gasteiger partial charge in [0.1, 0.15) is 0 Å². The van der Waals surface area contributed by atoms with E-state index in [-0.39, 0.29) is 42.4 Å². The molecule has 11 heteroatoms. The van der Waals surface area contributed by atoms with Gasteiger partial charge in [-0.15, -0.1) is 0 Å². The molecule has 4 aliphatic heterocycles. The second-order valence-corrected chi connectivity index (χ2v) is 14.2. The molecule has 3 saturated heterocycles. The lowest BCUT2D eigenvalue weighted by Gasteiger charge is -2.46. The number of nitrogens with one attached hydrogen (secondary N) is 3. The molecule has 7 rings (SSSR count). The third-order valence-electron chi connectivity index (χ3n) is 11.3. The van der Waals surface area contributed by atoms with Crippen LogP contribution >= 0.6 is 0 Å². The number of amides is 4. The summed E-state index contributed by atoms with van der Waals surface area (Å²) in [4.78, 5) is 50.5. The maximum atomic E-state index is 14.7. The van der Waals surface area contributed by atoms with Crippen LogP contribution in [0.5, 0.6) is 0 Å². The van der Waals surface area contributed by atoms with Crippen molar-refractivity contribution in [1.82, 2.24) is 35.1 Å². The monoisotopic (exact) mass is 654 g/mol. The molecule has 1 aromatic heterocycles. The molecule has 3 unspecified atom stereocenters. The van der Waals surface area contributed by atoms with Crippen molar-refractivity contribution < 1.29 is 14.4 Å². The Kier molecular flexibility index (Phi) is 9.68. The number of aromatic nitrogens is 2. The third kappa shape index (κ3) is 6.67. The van der Waals surface area contributed by atoms with Crippen LogP contribution in [-0.4, -0.2) is 112 Å². The minimum absolute atomic E-state index is 0.0308. The van der Waals surface area contributed by atoms with Crippen molar-refractivity contribution >= 4 is 34.4 Å². The van der Waals surface area contributed by atoms with Crippen molar-refractivity contribution in [2.24, 2.45) is 5.92 Å². The van der Waals surface area contributed by atoms with Gasteiger partial charge in [0.05, 0.1) is 23.8 Å². The van der Waals surface area contributed by atoms with E-state index in [1.54, 1.807) is 0 Å². The Balaban J connectivity index is 1.07. The zero-order valence-corrected chi connectivity index (χ0v) is 28.4. The Hall–Kier alpha value is -3.96. The molecule has 256 valence electrons. The number of para-hydroxylation sites is 1. The van der Waals surface area contributed by atoms with E-state index in [0.29, 0.717) is 19.6 Å². The number of piperazine rings is 1. The van der Waals surface area contributed by atoms with E-state index in [9.17, 15) is 14.4 Å². The predicted octanol–water partition coefficient (Wildman–Crippen LogP) is 4.31. The van der Waals surface area contributed by atoms with E-state index < -0.39 is 5.92 Å². The largest absolute Gasteiger partial charge is 0.343 e. The van der Waals surface area contributed by atoms with Gasteiger partial charge < -0.3 is 25.3 Å². The Bertz CT molecular complexity index is 1630. The first kappa shape index (κ1) is 32.6. The maximum absolute atomic E-state index is 14.7. The Morgan fingerprint density at radius 2 is 1.77 bits per heavy atom. The lowest BCUT2D eigenvalue weighted by Crippen LogP contribution is -2.59. The van der Waals surface area contributed by atoms with Gasteiger partial charge in [-0.05, 0) is 80.2 Å². The van der Waals surface area contributed by atoms with Crippen molar-refractivity contribution in [2.75, 3.05) is 57.7 Å². The van der Waals surface area contributed by atoms with Gasteiger partial charge >= 0.3 is 6.03 Å². The van der Waals surface area contributed by atoms with Crippen LogP contribution < -0.4 is 10.6 Å². The van der Waals surface area contributed by atoms with Gasteiger partial charge in [-0.3, -0.25) is 19.6 Å². The molecule has 2 aromatic carbocycles. The summed E-state index contributed by atoms with van der Waals surface area (Å²) < 4.78 is 0. The first-order valence-corrected chi connectivity index (χ1v) is 18.0. The smallest absolute Gasteiger partial charge is 0.322 e. The highest BCUT2D eigenvalue weighted by molar-refractivity contribution is 5.91. The van der Waals surface area contributed by atoms with Crippen molar-refractivity contribution in [3.05, 3.63) is 59.3 Å². The summed E-state index contributed by atoms with van der Waals surface area (Å²) in [6.07, 6.45) is 7.45. The van der Waals surface area contributed by atoms with E-state index in [0.717, 1.165) is 105 Å². The molecule has 4 amide bonds. The highest BCUT2D eigenvalue weighted by Crippen LogP contribution is 2.35. The number of aromatic amines is 1. The number of carbonyl (C=O) groups excluding carboxylic acids is 3. The summed E-state index contributed by atoms with van der Waals surface area (Å²) >= 11 is 0. The Labute approximate surface area is 283 Å². The fourth-order valence-electron chi connectivity index (χ4n) is 8.46. The van der Waals surface area contributed by atoms with Crippen LogP contribution in [0.1, 0.15) is 68.1 Å². The number of piperidine rings is 2. The molecule has 4 aliphatic rings. The Morgan fingerprint density at radius 1 is 0.979 bits per heavy atom. The summed E-state index contributed by atoms with van der Waals surface area (Å²) in [5, 5.41) is 14.9. The molecule has 0 bridgehead atoms. The number of likely N-dealkylation sites (tertiary alicyclic amines) is 2. The average Bonchev–Trinajstić information content (AvgIpc) is 3.54. The van der Waals surface area contributed by atoms with Gasteiger partial charge in [0.25, 0.3) is 0 Å². The molecule has 3 fully saturated rings. The van der Waals surface area contributed by atoms with Crippen LogP contribution in [0.4, 0.5) is 10.5 Å².